The molecule has 21 heavy (non-hydrogen) atoms. The molecule has 2 rings (SSSR count). The molecule has 2 N–H and O–H groups in total. The van der Waals surface area contributed by atoms with Crippen molar-refractivity contribution < 1.29 is 23.7 Å². The molecule has 2 aromatic rings. The summed E-state index contributed by atoms with van der Waals surface area (Å²) in [5, 5.41) is 18.9. The Morgan fingerprint density at radius 3 is 2.90 bits per heavy atom. The second-order valence-corrected chi connectivity index (χ2v) is 3.74. The maximum Gasteiger partial charge on any atom is 0.433 e. The predicted molar refractivity (Wildman–Crippen MR) is 67.9 cm³/mol. The predicted octanol–water partition coefficient (Wildman–Crippen LogP) is 1.34. The van der Waals surface area contributed by atoms with E-state index in [4.69, 9.17) is 9.15 Å². The molecule has 10 nitrogen and oxygen atoms in total. The van der Waals surface area contributed by atoms with Gasteiger partial charge in [-0.3, -0.25) is 20.0 Å². The monoisotopic (exact) mass is 294 g/mol. The fraction of sp³-hybridized carbons (Fsp3) is 0.182. The lowest BCUT2D eigenvalue weighted by molar-refractivity contribution is -0.402. The van der Waals surface area contributed by atoms with Crippen LogP contribution in [0.3, 0.4) is 0 Å². The van der Waals surface area contributed by atoms with E-state index in [-0.39, 0.29) is 23.9 Å². The number of carbonyl (C=O) groups excluding carboxylic acids is 2. The quantitative estimate of drug-likeness (QED) is 0.481. The maximum atomic E-state index is 11.8. The molecule has 0 saturated carbocycles. The molecule has 0 aliphatic rings. The van der Waals surface area contributed by atoms with Crippen molar-refractivity contribution in [3.8, 4) is 0 Å². The highest BCUT2D eigenvalue weighted by Gasteiger charge is 2.19. The minimum atomic E-state index is -0.758. The number of aromatic amines is 1. The summed E-state index contributed by atoms with van der Waals surface area (Å²) in [5.41, 5.74) is -0.00224. The number of hydrogen-bond acceptors (Lipinski definition) is 7. The summed E-state index contributed by atoms with van der Waals surface area (Å²) >= 11 is 0. The molecule has 0 unspecified atom stereocenters. The summed E-state index contributed by atoms with van der Waals surface area (Å²) in [6.45, 7) is 1.85. The van der Waals surface area contributed by atoms with Crippen molar-refractivity contribution in [3.63, 3.8) is 0 Å². The van der Waals surface area contributed by atoms with Gasteiger partial charge in [0.05, 0.1) is 12.7 Å². The summed E-state index contributed by atoms with van der Waals surface area (Å²) < 4.78 is 9.47. The topological polar surface area (TPSA) is 140 Å². The summed E-state index contributed by atoms with van der Waals surface area (Å²) in [5.74, 6) is -2.02. The van der Waals surface area contributed by atoms with Crippen LogP contribution >= 0.6 is 0 Å². The molecule has 0 aliphatic carbocycles. The average molecular weight is 294 g/mol. The van der Waals surface area contributed by atoms with Crippen LogP contribution in [0.25, 0.3) is 0 Å². The number of H-pyrrole nitrogens is 1. The minimum absolute atomic E-state index is 0.00224. The van der Waals surface area contributed by atoms with Crippen LogP contribution in [0.4, 0.5) is 11.7 Å². The molecule has 0 fully saturated rings. The van der Waals surface area contributed by atoms with Gasteiger partial charge in [0, 0.05) is 6.07 Å². The number of esters is 1. The Labute approximate surface area is 117 Å². The third kappa shape index (κ3) is 3.23. The lowest BCUT2D eigenvalue weighted by Crippen LogP contribution is -2.11. The zero-order valence-corrected chi connectivity index (χ0v) is 10.8. The molecule has 0 spiro atoms. The highest BCUT2D eigenvalue weighted by molar-refractivity contribution is 6.02. The number of furan rings is 1. The Hall–Kier alpha value is -3.17. The minimum Gasteiger partial charge on any atom is -0.461 e. The van der Waals surface area contributed by atoms with Crippen LogP contribution in [0.15, 0.2) is 22.6 Å². The zero-order chi connectivity index (χ0) is 15.4. The van der Waals surface area contributed by atoms with Crippen LogP contribution in [0.1, 0.15) is 28.0 Å². The largest absolute Gasteiger partial charge is 0.461 e. The van der Waals surface area contributed by atoms with Crippen LogP contribution in [-0.2, 0) is 4.74 Å². The van der Waals surface area contributed by atoms with Crippen LogP contribution < -0.4 is 5.32 Å². The summed E-state index contributed by atoms with van der Waals surface area (Å²) in [6.07, 6.45) is 0. The van der Waals surface area contributed by atoms with E-state index in [1.807, 2.05) is 0 Å². The number of aromatic nitrogens is 2. The van der Waals surface area contributed by atoms with Crippen molar-refractivity contribution >= 4 is 23.6 Å². The molecule has 110 valence electrons. The smallest absolute Gasteiger partial charge is 0.433 e. The number of anilines is 1. The molecule has 2 heterocycles. The highest BCUT2D eigenvalue weighted by atomic mass is 16.6. The Bertz CT molecular complexity index is 688. The Balaban J connectivity index is 2.05. The van der Waals surface area contributed by atoms with Crippen molar-refractivity contribution in [2.45, 2.75) is 6.92 Å². The Kier molecular flexibility index (Phi) is 3.97. The molecule has 0 saturated heterocycles. The van der Waals surface area contributed by atoms with Gasteiger partial charge in [0.1, 0.15) is 10.7 Å². The number of carbonyl (C=O) groups is 2. The molecule has 10 heteroatoms. The summed E-state index contributed by atoms with van der Waals surface area (Å²) in [6, 6.07) is 3.50. The number of nitro groups is 1. The molecular formula is C11H10N4O6. The number of hydrogen-bond donors (Lipinski definition) is 2. The summed E-state index contributed by atoms with van der Waals surface area (Å²) in [4.78, 5) is 32.8. The van der Waals surface area contributed by atoms with Gasteiger partial charge in [-0.1, -0.05) is 0 Å². The van der Waals surface area contributed by atoms with Crippen molar-refractivity contribution in [1.82, 2.24) is 10.2 Å². The third-order valence-electron chi connectivity index (χ3n) is 2.31. The van der Waals surface area contributed by atoms with Gasteiger partial charge in [0.25, 0.3) is 5.91 Å². The van der Waals surface area contributed by atoms with Gasteiger partial charge < -0.3 is 14.5 Å². The number of amides is 1. The van der Waals surface area contributed by atoms with Crippen LogP contribution in [0, 0.1) is 10.1 Å². The van der Waals surface area contributed by atoms with E-state index >= 15 is 0 Å². The highest BCUT2D eigenvalue weighted by Crippen LogP contribution is 2.17. The maximum absolute atomic E-state index is 11.8. The van der Waals surface area contributed by atoms with Gasteiger partial charge in [0.2, 0.25) is 0 Å². The van der Waals surface area contributed by atoms with Gasteiger partial charge in [-0.05, 0) is 13.0 Å². The van der Waals surface area contributed by atoms with Gasteiger partial charge in [-0.2, -0.15) is 5.10 Å². The molecule has 0 aliphatic heterocycles. The van der Waals surface area contributed by atoms with Gasteiger partial charge in [0.15, 0.2) is 11.5 Å². The first-order valence-electron chi connectivity index (χ1n) is 5.79. The number of nitrogens with zero attached hydrogens (tertiary/aromatic N) is 2. The normalized spacial score (nSPS) is 10.1. The van der Waals surface area contributed by atoms with Crippen LogP contribution in [0.5, 0.6) is 0 Å². The summed E-state index contributed by atoms with van der Waals surface area (Å²) in [7, 11) is 0. The van der Waals surface area contributed by atoms with Crippen LogP contribution in [0.2, 0.25) is 0 Å². The molecule has 2 aromatic heterocycles. The van der Waals surface area contributed by atoms with Crippen molar-refractivity contribution in [2.24, 2.45) is 0 Å². The Morgan fingerprint density at radius 1 is 1.52 bits per heavy atom. The molecule has 0 bridgehead atoms. The standard InChI is InChI=1S/C11H10N4O6/c1-2-20-11(17)6-5-8(14-13-6)12-10(16)7-3-4-9(21-7)15(18)19/h3-5H,2H2,1H3,(H2,12,13,14,16). The van der Waals surface area contributed by atoms with E-state index in [1.165, 1.54) is 6.07 Å². The SMILES string of the molecule is CCOC(=O)c1cc(NC(=O)c2ccc([N+](=O)[O-])o2)[nH]n1. The first-order chi connectivity index (χ1) is 10.0. The fourth-order valence-electron chi connectivity index (χ4n) is 1.43. The van der Waals surface area contributed by atoms with Gasteiger partial charge >= 0.3 is 11.9 Å². The van der Waals surface area contributed by atoms with E-state index in [9.17, 15) is 19.7 Å². The van der Waals surface area contributed by atoms with Crippen molar-refractivity contribution in [3.05, 3.63) is 39.8 Å². The van der Waals surface area contributed by atoms with Crippen LogP contribution in [-0.4, -0.2) is 33.6 Å². The lowest BCUT2D eigenvalue weighted by atomic mass is 10.4. The number of ether oxygens (including phenoxy) is 1. The van der Waals surface area contributed by atoms with Gasteiger partial charge in [-0.15, -0.1) is 0 Å². The lowest BCUT2D eigenvalue weighted by Gasteiger charge is -1.97. The van der Waals surface area contributed by atoms with E-state index in [0.29, 0.717) is 0 Å². The second-order valence-electron chi connectivity index (χ2n) is 3.74. The molecule has 0 atom stereocenters. The van der Waals surface area contributed by atoms with Crippen molar-refractivity contribution in [2.75, 3.05) is 11.9 Å². The third-order valence-corrected chi connectivity index (χ3v) is 2.31. The number of nitrogens with one attached hydrogen (secondary N) is 2. The average Bonchev–Trinajstić information content (AvgIpc) is 3.07. The van der Waals surface area contributed by atoms with E-state index < -0.39 is 22.7 Å². The van der Waals surface area contributed by atoms with E-state index in [0.717, 1.165) is 12.1 Å². The first kappa shape index (κ1) is 14.2. The van der Waals surface area contributed by atoms with Crippen molar-refractivity contribution in [1.29, 1.82) is 0 Å². The second kappa shape index (κ2) is 5.86. The Morgan fingerprint density at radius 2 is 2.29 bits per heavy atom. The number of rotatable bonds is 5. The zero-order valence-electron chi connectivity index (χ0n) is 10.8. The molecule has 1 amide bonds. The fourth-order valence-corrected chi connectivity index (χ4v) is 1.43. The van der Waals surface area contributed by atoms with Gasteiger partial charge in [-0.25, -0.2) is 4.79 Å². The molecule has 0 radical (unpaired) electrons. The van der Waals surface area contributed by atoms with E-state index in [2.05, 4.69) is 15.5 Å². The molecular weight excluding hydrogens is 284 g/mol. The van der Waals surface area contributed by atoms with E-state index in [1.54, 1.807) is 6.92 Å². The molecule has 0 aromatic carbocycles. The first-order valence-corrected chi connectivity index (χ1v) is 5.79.